The number of benzene rings is 3. The van der Waals surface area contributed by atoms with E-state index in [1.54, 1.807) is 13.2 Å². The van der Waals surface area contributed by atoms with Crippen molar-refractivity contribution in [1.82, 2.24) is 19.0 Å². The molecular formula is C35H36N4O4. The number of aryl methyl sites for hydroxylation is 1. The number of para-hydroxylation sites is 1. The first-order chi connectivity index (χ1) is 20.9. The van der Waals surface area contributed by atoms with Crippen LogP contribution in [0.4, 0.5) is 0 Å². The summed E-state index contributed by atoms with van der Waals surface area (Å²) < 4.78 is 10.3. The third-order valence-electron chi connectivity index (χ3n) is 9.93. The zero-order valence-corrected chi connectivity index (χ0v) is 24.7. The number of imidazole rings is 1. The summed E-state index contributed by atoms with van der Waals surface area (Å²) in [6.45, 7) is 3.70. The highest BCUT2D eigenvalue weighted by Crippen LogP contribution is 2.49. The summed E-state index contributed by atoms with van der Waals surface area (Å²) in [6, 6.07) is 18.1. The standard InChI is InChI=1S/C35H36N4O4/c1-19-16-39(28-15-26(19)28)35(42)23-12-27-33(31(14-23)43-3)37(2)34(36-27)29-13-22-5-4-6-25(32(22)38(29)17-20-7-8-20)21-9-10-30(41)24(11-21)18-40/h4-6,9-14,19-20,26,28,40-41H,7-8,15-18H2,1-3H3/t19-,26?,28+/m0/s1. The maximum absolute atomic E-state index is 13.6. The van der Waals surface area contributed by atoms with Gasteiger partial charge in [-0.3, -0.25) is 4.79 Å². The molecule has 1 amide bonds. The molecule has 0 radical (unpaired) electrons. The van der Waals surface area contributed by atoms with Gasteiger partial charge in [-0.05, 0) is 72.9 Å². The van der Waals surface area contributed by atoms with Crippen LogP contribution < -0.4 is 4.74 Å². The molecule has 220 valence electrons. The molecule has 8 rings (SSSR count). The Morgan fingerprint density at radius 3 is 2.63 bits per heavy atom. The maximum Gasteiger partial charge on any atom is 0.254 e. The Balaban J connectivity index is 1.29. The number of amides is 1. The monoisotopic (exact) mass is 576 g/mol. The summed E-state index contributed by atoms with van der Waals surface area (Å²) in [6.07, 6.45) is 3.51. The predicted octanol–water partition coefficient (Wildman–Crippen LogP) is 5.96. The molecule has 3 atom stereocenters. The molecule has 43 heavy (non-hydrogen) atoms. The molecule has 8 heteroatoms. The number of carbonyl (C=O) groups is 1. The van der Waals surface area contributed by atoms with E-state index in [2.05, 4.69) is 34.3 Å². The van der Waals surface area contributed by atoms with Gasteiger partial charge >= 0.3 is 0 Å². The molecule has 3 fully saturated rings. The van der Waals surface area contributed by atoms with Crippen LogP contribution in [0.5, 0.6) is 11.5 Å². The molecule has 2 aliphatic carbocycles. The molecule has 8 nitrogen and oxygen atoms in total. The highest BCUT2D eigenvalue weighted by atomic mass is 16.5. The van der Waals surface area contributed by atoms with Gasteiger partial charge in [0.05, 0.1) is 30.4 Å². The first-order valence-corrected chi connectivity index (χ1v) is 15.3. The van der Waals surface area contributed by atoms with Crippen molar-refractivity contribution in [3.63, 3.8) is 0 Å². The summed E-state index contributed by atoms with van der Waals surface area (Å²) in [5, 5.41) is 21.1. The lowest BCUT2D eigenvalue weighted by molar-refractivity contribution is 0.0760. The zero-order chi connectivity index (χ0) is 29.6. The van der Waals surface area contributed by atoms with Gasteiger partial charge in [0.15, 0.2) is 5.82 Å². The Kier molecular flexibility index (Phi) is 5.88. The minimum atomic E-state index is -0.228. The summed E-state index contributed by atoms with van der Waals surface area (Å²) in [4.78, 5) is 20.8. The Morgan fingerprint density at radius 2 is 1.93 bits per heavy atom. The molecule has 1 unspecified atom stereocenters. The van der Waals surface area contributed by atoms with Crippen molar-refractivity contribution < 1.29 is 19.7 Å². The maximum atomic E-state index is 13.6. The van der Waals surface area contributed by atoms with Gasteiger partial charge in [0, 0.05) is 48.3 Å². The number of piperidine rings is 1. The number of nitrogens with zero attached hydrogens (tertiary/aromatic N) is 4. The Morgan fingerprint density at radius 1 is 1.09 bits per heavy atom. The van der Waals surface area contributed by atoms with Crippen molar-refractivity contribution in [3.8, 4) is 34.1 Å². The third-order valence-corrected chi connectivity index (χ3v) is 9.93. The summed E-state index contributed by atoms with van der Waals surface area (Å²) in [5.74, 6) is 3.43. The second kappa shape index (κ2) is 9.61. The van der Waals surface area contributed by atoms with Crippen molar-refractivity contribution in [1.29, 1.82) is 0 Å². The molecule has 2 aromatic heterocycles. The highest BCUT2D eigenvalue weighted by Gasteiger charge is 2.53. The van der Waals surface area contributed by atoms with E-state index < -0.39 is 0 Å². The number of aromatic hydroxyl groups is 1. The summed E-state index contributed by atoms with van der Waals surface area (Å²) in [7, 11) is 3.67. The number of fused-ring (bicyclic) bond motifs is 3. The van der Waals surface area contributed by atoms with Crippen molar-refractivity contribution in [2.24, 2.45) is 24.8 Å². The largest absolute Gasteiger partial charge is 0.508 e. The predicted molar refractivity (Wildman–Crippen MR) is 166 cm³/mol. The summed E-state index contributed by atoms with van der Waals surface area (Å²) >= 11 is 0. The Hall–Kier alpha value is -4.30. The number of aliphatic hydroxyl groups excluding tert-OH is 1. The fourth-order valence-corrected chi connectivity index (χ4v) is 7.34. The van der Waals surface area contributed by atoms with Crippen LogP contribution in [0.3, 0.4) is 0 Å². The van der Waals surface area contributed by atoms with E-state index in [0.717, 1.165) is 64.1 Å². The molecule has 5 aromatic rings. The Bertz CT molecular complexity index is 1930. The van der Waals surface area contributed by atoms with Crippen molar-refractivity contribution in [2.75, 3.05) is 13.7 Å². The lowest BCUT2D eigenvalue weighted by atomic mass is 10.0. The van der Waals surface area contributed by atoms with Crippen molar-refractivity contribution in [3.05, 3.63) is 65.7 Å². The number of aromatic nitrogens is 3. The average Bonchev–Trinajstić information content (AvgIpc) is 3.92. The highest BCUT2D eigenvalue weighted by molar-refractivity contribution is 6.01. The van der Waals surface area contributed by atoms with Crippen LogP contribution in [0.25, 0.3) is 44.6 Å². The van der Waals surface area contributed by atoms with E-state index in [0.29, 0.717) is 40.7 Å². The molecule has 2 N–H and O–H groups in total. The number of likely N-dealkylation sites (tertiary alicyclic amines) is 1. The van der Waals surface area contributed by atoms with Crippen LogP contribution in [-0.4, -0.2) is 54.8 Å². The van der Waals surface area contributed by atoms with E-state index in [4.69, 9.17) is 9.72 Å². The first kappa shape index (κ1) is 26.3. The molecule has 0 spiro atoms. The molecule has 2 saturated carbocycles. The first-order valence-electron chi connectivity index (χ1n) is 15.3. The van der Waals surface area contributed by atoms with Crippen molar-refractivity contribution in [2.45, 2.75) is 45.4 Å². The van der Waals surface area contributed by atoms with Gasteiger partial charge in [-0.2, -0.15) is 0 Å². The van der Waals surface area contributed by atoms with Crippen LogP contribution in [0.1, 0.15) is 42.1 Å². The van der Waals surface area contributed by atoms with Gasteiger partial charge in [0.25, 0.3) is 5.91 Å². The molecule has 1 aliphatic heterocycles. The quantitative estimate of drug-likeness (QED) is 0.250. The van der Waals surface area contributed by atoms with Crippen LogP contribution >= 0.6 is 0 Å². The van der Waals surface area contributed by atoms with E-state index in [9.17, 15) is 15.0 Å². The second-order valence-corrected chi connectivity index (χ2v) is 12.8. The van der Waals surface area contributed by atoms with Gasteiger partial charge in [-0.15, -0.1) is 0 Å². The van der Waals surface area contributed by atoms with Crippen molar-refractivity contribution >= 4 is 27.8 Å². The Labute approximate surface area is 250 Å². The number of carbonyl (C=O) groups excluding carboxylic acids is 1. The fourth-order valence-electron chi connectivity index (χ4n) is 7.34. The minimum Gasteiger partial charge on any atom is -0.508 e. The fraction of sp³-hybridized carbons (Fsp3) is 0.371. The number of hydrogen-bond acceptors (Lipinski definition) is 5. The zero-order valence-electron chi connectivity index (χ0n) is 24.7. The van der Waals surface area contributed by atoms with Gasteiger partial charge in [0.2, 0.25) is 0 Å². The van der Waals surface area contributed by atoms with Crippen LogP contribution in [0.2, 0.25) is 0 Å². The van der Waals surface area contributed by atoms with E-state index in [1.165, 1.54) is 12.8 Å². The van der Waals surface area contributed by atoms with Crippen LogP contribution in [0, 0.1) is 17.8 Å². The van der Waals surface area contributed by atoms with Gasteiger partial charge in [-0.1, -0.05) is 31.2 Å². The number of ether oxygens (including phenoxy) is 1. The molecular weight excluding hydrogens is 540 g/mol. The molecule has 3 aromatic carbocycles. The summed E-state index contributed by atoms with van der Waals surface area (Å²) in [5.41, 5.74) is 6.84. The smallest absolute Gasteiger partial charge is 0.254 e. The average molecular weight is 577 g/mol. The lowest BCUT2D eigenvalue weighted by Gasteiger charge is -2.20. The van der Waals surface area contributed by atoms with Gasteiger partial charge in [0.1, 0.15) is 17.0 Å². The molecule has 3 aliphatic rings. The molecule has 1 saturated heterocycles. The van der Waals surface area contributed by atoms with E-state index >= 15 is 0 Å². The third kappa shape index (κ3) is 4.14. The van der Waals surface area contributed by atoms with E-state index in [1.807, 2.05) is 42.3 Å². The number of hydrogen-bond donors (Lipinski definition) is 2. The molecule has 3 heterocycles. The SMILES string of the molecule is COc1cc(C(=O)N2C[C@H](C)C3C[C@H]32)cc2nc(-c3cc4cccc(-c5ccc(O)c(CO)c5)c4n3CC3CC3)n(C)c12. The normalized spacial score (nSPS) is 21.1. The topological polar surface area (TPSA) is 92.8 Å². The minimum absolute atomic E-state index is 0.0629. The van der Waals surface area contributed by atoms with Crippen LogP contribution in [0.15, 0.2) is 54.6 Å². The van der Waals surface area contributed by atoms with E-state index in [-0.39, 0.29) is 18.3 Å². The number of methoxy groups -OCH3 is 1. The number of phenols is 1. The number of rotatable bonds is 7. The second-order valence-electron chi connectivity index (χ2n) is 12.8. The molecule has 0 bridgehead atoms. The van der Waals surface area contributed by atoms with Crippen LogP contribution in [-0.2, 0) is 20.2 Å². The van der Waals surface area contributed by atoms with Gasteiger partial charge < -0.3 is 29.0 Å². The number of aliphatic hydroxyl groups is 1. The lowest BCUT2D eigenvalue weighted by Crippen LogP contribution is -2.32. The van der Waals surface area contributed by atoms with Gasteiger partial charge in [-0.25, -0.2) is 4.98 Å².